The van der Waals surface area contributed by atoms with Crippen molar-refractivity contribution in [3.8, 4) is 11.4 Å². The Morgan fingerprint density at radius 2 is 1.70 bits per heavy atom. The van der Waals surface area contributed by atoms with Gasteiger partial charge < -0.3 is 20.2 Å². The van der Waals surface area contributed by atoms with E-state index < -0.39 is 17.4 Å². The minimum Gasteiger partial charge on any atom is -0.379 e. The fourth-order valence-electron chi connectivity index (χ4n) is 6.53. The lowest BCUT2D eigenvalue weighted by atomic mass is 9.98. The second-order valence-electron chi connectivity index (χ2n) is 12.6. The van der Waals surface area contributed by atoms with Crippen LogP contribution in [-0.2, 0) is 9.59 Å². The van der Waals surface area contributed by atoms with Gasteiger partial charge in [-0.2, -0.15) is 5.10 Å². The predicted octanol–water partition coefficient (Wildman–Crippen LogP) is 3.95. The molecule has 5 heterocycles. The first-order chi connectivity index (χ1) is 22.7. The third-order valence-electron chi connectivity index (χ3n) is 9.34. The highest BCUT2D eigenvalue weighted by molar-refractivity contribution is 6.00. The van der Waals surface area contributed by atoms with Crippen molar-refractivity contribution in [1.29, 1.82) is 0 Å². The fraction of sp³-hybridized carbons (Fsp3) is 0.382. The molecule has 13 heteroatoms. The first-order valence-electron chi connectivity index (χ1n) is 15.9. The number of H-pyrrole nitrogens is 1. The second kappa shape index (κ2) is 12.5. The Morgan fingerprint density at radius 3 is 2.43 bits per heavy atom. The summed E-state index contributed by atoms with van der Waals surface area (Å²) in [5.74, 6) is -2.03. The molecule has 3 aliphatic rings. The van der Waals surface area contributed by atoms with Gasteiger partial charge in [0.25, 0.3) is 11.8 Å². The molecule has 0 aliphatic carbocycles. The van der Waals surface area contributed by atoms with Gasteiger partial charge in [-0.25, -0.2) is 18.7 Å². The maximum Gasteiger partial charge on any atom is 0.257 e. The van der Waals surface area contributed by atoms with Gasteiger partial charge in [-0.3, -0.25) is 19.6 Å². The van der Waals surface area contributed by atoms with Crippen molar-refractivity contribution in [2.45, 2.75) is 37.2 Å². The van der Waals surface area contributed by atoms with Crippen LogP contribution in [0.1, 0.15) is 31.2 Å². The van der Waals surface area contributed by atoms with E-state index in [2.05, 4.69) is 43.7 Å². The summed E-state index contributed by atoms with van der Waals surface area (Å²) >= 11 is 0. The van der Waals surface area contributed by atoms with Crippen LogP contribution in [0.4, 0.5) is 20.3 Å². The van der Waals surface area contributed by atoms with Gasteiger partial charge in [0.05, 0.1) is 12.1 Å². The lowest BCUT2D eigenvalue weighted by Crippen LogP contribution is -2.47. The standard InChI is InChI=1S/C34H36F2N8O3/c35-34(36)11-18-44(19-12-34)31-27-20-26(6-7-28(27)40-41-31)39-32(46)33(47)10-17-42(22-33)21-29(45)43-15-8-24(9-16-43)23-2-4-25(5-3-23)30-37-13-1-14-38-30/h1-8,13-14,20,47H,9-12,15-19,21-22H2,(H,39,46)(H,40,41)/t33-/m0/s1. The zero-order valence-electron chi connectivity index (χ0n) is 25.8. The van der Waals surface area contributed by atoms with Crippen molar-refractivity contribution in [2.24, 2.45) is 0 Å². The van der Waals surface area contributed by atoms with Gasteiger partial charge in [0.1, 0.15) is 0 Å². The van der Waals surface area contributed by atoms with Crippen molar-refractivity contribution < 1.29 is 23.5 Å². The molecule has 0 saturated carbocycles. The molecule has 2 saturated heterocycles. The lowest BCUT2D eigenvalue weighted by Gasteiger charge is -2.32. The number of piperidine rings is 1. The molecular weight excluding hydrogens is 606 g/mol. The third-order valence-corrected chi connectivity index (χ3v) is 9.34. The van der Waals surface area contributed by atoms with Gasteiger partial charge in [-0.1, -0.05) is 30.3 Å². The minimum absolute atomic E-state index is 0.0399. The summed E-state index contributed by atoms with van der Waals surface area (Å²) in [7, 11) is 0. The van der Waals surface area contributed by atoms with E-state index in [-0.39, 0.29) is 51.3 Å². The molecule has 7 rings (SSSR count). The van der Waals surface area contributed by atoms with Crippen LogP contribution in [0.3, 0.4) is 0 Å². The number of alkyl halides is 2. The highest BCUT2D eigenvalue weighted by Crippen LogP contribution is 2.34. The van der Waals surface area contributed by atoms with Crippen LogP contribution in [0.2, 0.25) is 0 Å². The van der Waals surface area contributed by atoms with Crippen LogP contribution in [0.25, 0.3) is 27.9 Å². The molecule has 244 valence electrons. The number of nitrogens with one attached hydrogen (secondary N) is 2. The molecule has 2 fully saturated rings. The quantitative estimate of drug-likeness (QED) is 0.277. The Hall–Kier alpha value is -4.75. The summed E-state index contributed by atoms with van der Waals surface area (Å²) in [6, 6.07) is 15.1. The molecule has 2 aromatic carbocycles. The molecule has 11 nitrogen and oxygen atoms in total. The number of carbonyl (C=O) groups excluding carboxylic acids is 2. The summed E-state index contributed by atoms with van der Waals surface area (Å²) in [6.45, 7) is 2.02. The predicted molar refractivity (Wildman–Crippen MR) is 174 cm³/mol. The number of fused-ring (bicyclic) bond motifs is 1. The maximum absolute atomic E-state index is 13.7. The molecule has 3 N–H and O–H groups in total. The molecule has 0 radical (unpaired) electrons. The summed E-state index contributed by atoms with van der Waals surface area (Å²) in [5, 5.41) is 22.0. The van der Waals surface area contributed by atoms with Crippen LogP contribution in [0, 0.1) is 0 Å². The average Bonchev–Trinajstić information content (AvgIpc) is 3.69. The van der Waals surface area contributed by atoms with Crippen molar-refractivity contribution in [2.75, 3.05) is 56.0 Å². The van der Waals surface area contributed by atoms with E-state index in [1.54, 1.807) is 41.6 Å². The number of benzene rings is 2. The number of aromatic amines is 1. The minimum atomic E-state index is -2.67. The van der Waals surface area contributed by atoms with Crippen LogP contribution in [0.5, 0.6) is 0 Å². The summed E-state index contributed by atoms with van der Waals surface area (Å²) in [4.78, 5) is 40.5. The summed E-state index contributed by atoms with van der Waals surface area (Å²) in [6.07, 6.45) is 5.96. The molecule has 2 aromatic heterocycles. The number of halogens is 2. The Bertz CT molecular complexity index is 1800. The molecule has 2 amide bonds. The van der Waals surface area contributed by atoms with E-state index in [9.17, 15) is 23.5 Å². The van der Waals surface area contributed by atoms with Crippen LogP contribution < -0.4 is 10.2 Å². The number of hydrogen-bond acceptors (Lipinski definition) is 8. The van der Waals surface area contributed by atoms with E-state index in [4.69, 9.17) is 0 Å². The SMILES string of the molecule is O=C(CN1CC[C@@](O)(C(=O)Nc2ccc3[nH]nc(N4CCC(F)(F)CC4)c3c2)C1)N1CC=C(c2ccc(-c3ncccn3)cc2)CC1. The second-order valence-corrected chi connectivity index (χ2v) is 12.6. The van der Waals surface area contributed by atoms with Gasteiger partial charge in [0.15, 0.2) is 17.2 Å². The molecule has 4 aromatic rings. The van der Waals surface area contributed by atoms with Crippen molar-refractivity contribution >= 4 is 39.8 Å². The van der Waals surface area contributed by atoms with Gasteiger partial charge in [0.2, 0.25) is 5.91 Å². The number of rotatable bonds is 7. The third kappa shape index (κ3) is 6.58. The Kier molecular flexibility index (Phi) is 8.18. The molecule has 1 atom stereocenters. The topological polar surface area (TPSA) is 131 Å². The number of anilines is 2. The van der Waals surface area contributed by atoms with Gasteiger partial charge >= 0.3 is 0 Å². The van der Waals surface area contributed by atoms with Crippen molar-refractivity contribution in [3.05, 3.63) is 72.6 Å². The van der Waals surface area contributed by atoms with Crippen molar-refractivity contribution in [1.82, 2.24) is 30.0 Å². The first-order valence-corrected chi connectivity index (χ1v) is 15.9. The highest BCUT2D eigenvalue weighted by Gasteiger charge is 2.43. The average molecular weight is 643 g/mol. The Labute approximate surface area is 270 Å². The monoisotopic (exact) mass is 642 g/mol. The number of aliphatic hydroxyl groups is 1. The number of carbonyl (C=O) groups is 2. The molecule has 0 bridgehead atoms. The number of β-amino-alcohol motifs (C(OH)–C–C–N with tert-alkyl or cyclic N) is 1. The molecule has 3 aliphatic heterocycles. The van der Waals surface area contributed by atoms with Crippen LogP contribution >= 0.6 is 0 Å². The van der Waals surface area contributed by atoms with Crippen LogP contribution in [-0.4, -0.2) is 104 Å². The molecule has 0 unspecified atom stereocenters. The number of aromatic nitrogens is 4. The lowest BCUT2D eigenvalue weighted by molar-refractivity contribution is -0.135. The zero-order valence-corrected chi connectivity index (χ0v) is 25.8. The largest absolute Gasteiger partial charge is 0.379 e. The maximum atomic E-state index is 13.7. The van der Waals surface area contributed by atoms with E-state index in [0.717, 1.165) is 23.1 Å². The van der Waals surface area contributed by atoms with E-state index >= 15 is 0 Å². The van der Waals surface area contributed by atoms with Crippen LogP contribution in [0.15, 0.2) is 67.0 Å². The zero-order chi connectivity index (χ0) is 32.6. The molecule has 47 heavy (non-hydrogen) atoms. The normalized spacial score (nSPS) is 21.6. The number of nitrogens with zero attached hydrogens (tertiary/aromatic N) is 6. The van der Waals surface area contributed by atoms with Gasteiger partial charge in [-0.15, -0.1) is 0 Å². The molecular formula is C34H36F2N8O3. The van der Waals surface area contributed by atoms with E-state index in [0.29, 0.717) is 42.4 Å². The number of likely N-dealkylation sites (tertiary alicyclic amines) is 1. The highest BCUT2D eigenvalue weighted by atomic mass is 19.3. The smallest absolute Gasteiger partial charge is 0.257 e. The van der Waals surface area contributed by atoms with E-state index in [1.165, 1.54) is 5.57 Å². The summed E-state index contributed by atoms with van der Waals surface area (Å²) in [5.41, 5.74) is 2.76. The Morgan fingerprint density at radius 1 is 0.957 bits per heavy atom. The first kappa shape index (κ1) is 30.9. The Balaban J connectivity index is 0.927. The summed E-state index contributed by atoms with van der Waals surface area (Å²) < 4.78 is 27.4. The van der Waals surface area contributed by atoms with Gasteiger partial charge in [-0.05, 0) is 48.2 Å². The fourth-order valence-corrected chi connectivity index (χ4v) is 6.53. The van der Waals surface area contributed by atoms with Gasteiger partial charge in [0, 0.05) is 81.1 Å². The van der Waals surface area contributed by atoms with Crippen molar-refractivity contribution in [3.63, 3.8) is 0 Å². The van der Waals surface area contributed by atoms with E-state index in [1.807, 2.05) is 21.9 Å². The number of hydrogen-bond donors (Lipinski definition) is 3. The number of amides is 2. The molecule has 0 spiro atoms.